The molecule has 1 N–H and O–H groups in total. The Bertz CT molecular complexity index is 693. The summed E-state index contributed by atoms with van der Waals surface area (Å²) in [5.41, 5.74) is 2.05. The fraction of sp³-hybridized carbons (Fsp3) is 0.333. The van der Waals surface area contributed by atoms with Crippen LogP contribution < -0.4 is 10.1 Å². The fourth-order valence-corrected chi connectivity index (χ4v) is 3.32. The van der Waals surface area contributed by atoms with Crippen LogP contribution in [0.2, 0.25) is 0 Å². The Morgan fingerprint density at radius 2 is 1.37 bits per heavy atom. The molecule has 0 radical (unpaired) electrons. The van der Waals surface area contributed by atoms with Gasteiger partial charge in [-0.15, -0.1) is 38.0 Å². The molecule has 0 aliphatic carbocycles. The van der Waals surface area contributed by atoms with E-state index in [2.05, 4.69) is 30.9 Å². The predicted octanol–water partition coefficient (Wildman–Crippen LogP) is 5.19. The van der Waals surface area contributed by atoms with Crippen LogP contribution in [0.3, 0.4) is 0 Å². The molecular formula is C18H20BrCl2F3N2O. The Morgan fingerprint density at radius 3 is 1.85 bits per heavy atom. The summed E-state index contributed by atoms with van der Waals surface area (Å²) in [6.07, 6.45) is -4.68. The second-order valence-electron chi connectivity index (χ2n) is 5.86. The van der Waals surface area contributed by atoms with Crippen LogP contribution in [-0.4, -0.2) is 37.4 Å². The summed E-state index contributed by atoms with van der Waals surface area (Å²) in [4.78, 5) is 2.33. The molecule has 27 heavy (non-hydrogen) atoms. The predicted molar refractivity (Wildman–Crippen MR) is 108 cm³/mol. The lowest BCUT2D eigenvalue weighted by Gasteiger charge is -2.35. The van der Waals surface area contributed by atoms with Crippen LogP contribution >= 0.6 is 40.7 Å². The largest absolute Gasteiger partial charge is 0.573 e. The molecule has 1 aliphatic heterocycles. The monoisotopic (exact) mass is 486 g/mol. The van der Waals surface area contributed by atoms with E-state index in [0.29, 0.717) is 0 Å². The third-order valence-corrected chi connectivity index (χ3v) is 4.66. The number of piperazine rings is 1. The van der Waals surface area contributed by atoms with Crippen molar-refractivity contribution in [2.45, 2.75) is 12.4 Å². The molecule has 1 aliphatic rings. The van der Waals surface area contributed by atoms with E-state index < -0.39 is 6.36 Å². The number of alkyl halides is 3. The molecule has 0 aromatic heterocycles. The lowest BCUT2D eigenvalue weighted by atomic mass is 9.96. The number of rotatable bonds is 4. The van der Waals surface area contributed by atoms with Gasteiger partial charge in [-0.2, -0.15) is 0 Å². The Balaban J connectivity index is 0.00000182. The van der Waals surface area contributed by atoms with Crippen molar-refractivity contribution in [3.8, 4) is 5.75 Å². The highest BCUT2D eigenvalue weighted by atomic mass is 79.9. The smallest absolute Gasteiger partial charge is 0.406 e. The van der Waals surface area contributed by atoms with Crippen LogP contribution in [-0.2, 0) is 0 Å². The van der Waals surface area contributed by atoms with Crippen molar-refractivity contribution in [1.82, 2.24) is 10.2 Å². The zero-order chi connectivity index (χ0) is 17.9. The third kappa shape index (κ3) is 6.84. The number of nitrogens with one attached hydrogen (secondary N) is 1. The van der Waals surface area contributed by atoms with Gasteiger partial charge in [0.05, 0.1) is 6.04 Å². The van der Waals surface area contributed by atoms with Gasteiger partial charge < -0.3 is 10.1 Å². The highest BCUT2D eigenvalue weighted by Crippen LogP contribution is 2.32. The molecular weight excluding hydrogens is 468 g/mol. The van der Waals surface area contributed by atoms with Gasteiger partial charge in [-0.25, -0.2) is 0 Å². The molecule has 3 nitrogen and oxygen atoms in total. The third-order valence-electron chi connectivity index (χ3n) is 4.13. The first kappa shape index (κ1) is 24.0. The summed E-state index contributed by atoms with van der Waals surface area (Å²) in [5, 5.41) is 3.32. The fourth-order valence-electron chi connectivity index (χ4n) is 3.05. The molecule has 1 heterocycles. The summed E-state index contributed by atoms with van der Waals surface area (Å²) in [6.45, 7) is 3.54. The van der Waals surface area contributed by atoms with Gasteiger partial charge in [-0.1, -0.05) is 40.2 Å². The highest BCUT2D eigenvalue weighted by Gasteiger charge is 2.31. The van der Waals surface area contributed by atoms with Crippen LogP contribution in [0.15, 0.2) is 53.0 Å². The minimum absolute atomic E-state index is 0. The van der Waals surface area contributed by atoms with Gasteiger partial charge >= 0.3 is 6.36 Å². The van der Waals surface area contributed by atoms with Crippen molar-refractivity contribution >= 4 is 40.7 Å². The molecule has 0 saturated carbocycles. The molecule has 0 spiro atoms. The van der Waals surface area contributed by atoms with E-state index in [1.54, 1.807) is 12.1 Å². The van der Waals surface area contributed by atoms with Gasteiger partial charge in [-0.05, 0) is 35.4 Å². The van der Waals surface area contributed by atoms with Crippen LogP contribution in [0.5, 0.6) is 5.75 Å². The SMILES string of the molecule is Cl.Cl.FC(F)(F)Oc1ccc([C@H](c2ccc(Br)cc2)N2CCNCC2)cc1. The second kappa shape index (κ2) is 10.5. The zero-order valence-electron chi connectivity index (χ0n) is 14.2. The average Bonchev–Trinajstić information content (AvgIpc) is 2.58. The Kier molecular flexibility index (Phi) is 9.38. The van der Waals surface area contributed by atoms with Gasteiger partial charge in [0.2, 0.25) is 0 Å². The van der Waals surface area contributed by atoms with E-state index in [9.17, 15) is 13.2 Å². The topological polar surface area (TPSA) is 24.5 Å². The molecule has 9 heteroatoms. The molecule has 1 atom stereocenters. The maximum atomic E-state index is 12.4. The van der Waals surface area contributed by atoms with Crippen molar-refractivity contribution in [3.63, 3.8) is 0 Å². The molecule has 0 bridgehead atoms. The first-order chi connectivity index (χ1) is 11.9. The first-order valence-electron chi connectivity index (χ1n) is 7.98. The normalized spacial score (nSPS) is 16.0. The number of ether oxygens (including phenoxy) is 1. The average molecular weight is 488 g/mol. The molecule has 2 aromatic rings. The molecule has 2 aromatic carbocycles. The summed E-state index contributed by atoms with van der Waals surface area (Å²) in [5.74, 6) is -0.203. The minimum atomic E-state index is -4.68. The van der Waals surface area contributed by atoms with Crippen LogP contribution in [0, 0.1) is 0 Å². The number of halogens is 6. The van der Waals surface area contributed by atoms with Gasteiger partial charge in [0.1, 0.15) is 5.75 Å². The maximum absolute atomic E-state index is 12.4. The number of nitrogens with zero attached hydrogens (tertiary/aromatic N) is 1. The Morgan fingerprint density at radius 1 is 0.889 bits per heavy atom. The Labute approximate surface area is 177 Å². The van der Waals surface area contributed by atoms with E-state index >= 15 is 0 Å². The number of hydrogen-bond acceptors (Lipinski definition) is 3. The van der Waals surface area contributed by atoms with Gasteiger partial charge in [0.25, 0.3) is 0 Å². The lowest BCUT2D eigenvalue weighted by molar-refractivity contribution is -0.274. The van der Waals surface area contributed by atoms with E-state index in [0.717, 1.165) is 41.8 Å². The minimum Gasteiger partial charge on any atom is -0.406 e. The molecule has 150 valence electrons. The van der Waals surface area contributed by atoms with Crippen LogP contribution in [0.4, 0.5) is 13.2 Å². The maximum Gasteiger partial charge on any atom is 0.573 e. The standard InChI is InChI=1S/C18H18BrF3N2O.2ClH/c19-15-5-1-13(2-6-15)17(24-11-9-23-10-12-24)14-3-7-16(8-4-14)25-18(20,21)22;;/h1-8,17,23H,9-12H2;2*1H/t17-;;/m0../s1. The van der Waals surface area contributed by atoms with Crippen molar-refractivity contribution in [3.05, 3.63) is 64.1 Å². The molecule has 0 amide bonds. The highest BCUT2D eigenvalue weighted by molar-refractivity contribution is 9.10. The molecule has 1 saturated heterocycles. The molecule has 1 fully saturated rings. The molecule has 3 rings (SSSR count). The lowest BCUT2D eigenvalue weighted by Crippen LogP contribution is -2.45. The van der Waals surface area contributed by atoms with E-state index in [4.69, 9.17) is 0 Å². The summed E-state index contributed by atoms with van der Waals surface area (Å²) in [6, 6.07) is 14.2. The van der Waals surface area contributed by atoms with E-state index in [1.165, 1.54) is 12.1 Å². The summed E-state index contributed by atoms with van der Waals surface area (Å²) < 4.78 is 42.0. The molecule has 0 unspecified atom stereocenters. The van der Waals surface area contributed by atoms with Crippen molar-refractivity contribution < 1.29 is 17.9 Å². The summed E-state index contributed by atoms with van der Waals surface area (Å²) >= 11 is 3.44. The second-order valence-corrected chi connectivity index (χ2v) is 6.77. The van der Waals surface area contributed by atoms with Crippen molar-refractivity contribution in [1.29, 1.82) is 0 Å². The summed E-state index contributed by atoms with van der Waals surface area (Å²) in [7, 11) is 0. The zero-order valence-corrected chi connectivity index (χ0v) is 17.4. The Hall–Kier alpha value is -0.990. The quantitative estimate of drug-likeness (QED) is 0.642. The van der Waals surface area contributed by atoms with E-state index in [-0.39, 0.29) is 36.6 Å². The van der Waals surface area contributed by atoms with Crippen LogP contribution in [0.1, 0.15) is 17.2 Å². The van der Waals surface area contributed by atoms with Crippen LogP contribution in [0.25, 0.3) is 0 Å². The van der Waals surface area contributed by atoms with Gasteiger partial charge in [0.15, 0.2) is 0 Å². The van der Waals surface area contributed by atoms with Gasteiger partial charge in [0, 0.05) is 30.7 Å². The first-order valence-corrected chi connectivity index (χ1v) is 8.78. The van der Waals surface area contributed by atoms with E-state index in [1.807, 2.05) is 24.3 Å². The number of benzene rings is 2. The van der Waals surface area contributed by atoms with Gasteiger partial charge in [-0.3, -0.25) is 4.90 Å². The van der Waals surface area contributed by atoms with Crippen molar-refractivity contribution in [2.75, 3.05) is 26.2 Å². The van der Waals surface area contributed by atoms with Crippen molar-refractivity contribution in [2.24, 2.45) is 0 Å². The number of hydrogen-bond donors (Lipinski definition) is 1.